The van der Waals surface area contributed by atoms with E-state index in [1.165, 1.54) is 24.0 Å². The number of carboxylic acids is 1. The zero-order chi connectivity index (χ0) is 20.4. The monoisotopic (exact) mass is 421 g/mol. The smallest absolute Gasteiger partial charge is 0.328 e. The predicted octanol–water partition coefficient (Wildman–Crippen LogP) is 3.64. The molecule has 0 fully saturated rings. The number of hydrogen-bond donors (Lipinski definition) is 2. The Morgan fingerprint density at radius 1 is 1.29 bits per heavy atom. The number of hydrogen-bond acceptors (Lipinski definition) is 4. The molecule has 0 aliphatic heterocycles. The molecule has 0 bridgehead atoms. The molecule has 1 unspecified atom stereocenters. The van der Waals surface area contributed by atoms with E-state index in [0.29, 0.717) is 22.4 Å². The minimum atomic E-state index is -1.04. The number of carbonyl (C=O) groups is 2. The van der Waals surface area contributed by atoms with Gasteiger partial charge >= 0.3 is 5.97 Å². The molecule has 3 rings (SSSR count). The molecular weight excluding hydrogens is 405 g/mol. The number of aromatic nitrogens is 4. The Labute approximate surface area is 170 Å². The van der Waals surface area contributed by atoms with Gasteiger partial charge < -0.3 is 10.4 Å². The number of aryl methyl sites for hydroxylation is 1. The van der Waals surface area contributed by atoms with Crippen LogP contribution in [0.4, 0.5) is 5.82 Å². The summed E-state index contributed by atoms with van der Waals surface area (Å²) in [6, 6.07) is 6.09. The van der Waals surface area contributed by atoms with Crippen LogP contribution in [-0.4, -0.2) is 36.5 Å². The van der Waals surface area contributed by atoms with Gasteiger partial charge in [0.2, 0.25) is 0 Å². The number of benzene rings is 1. The van der Waals surface area contributed by atoms with Crippen LogP contribution in [0.1, 0.15) is 34.6 Å². The van der Waals surface area contributed by atoms with Crippen LogP contribution < -0.4 is 5.32 Å². The highest BCUT2D eigenvalue weighted by Gasteiger charge is 2.17. The molecule has 0 aliphatic carbocycles. The van der Waals surface area contributed by atoms with Crippen molar-refractivity contribution in [1.82, 2.24) is 19.6 Å². The van der Waals surface area contributed by atoms with Crippen molar-refractivity contribution in [2.75, 3.05) is 5.32 Å². The molecule has 3 aromatic rings. The average Bonchev–Trinajstić information content (AvgIpc) is 3.24. The number of nitrogens with one attached hydrogen (secondary N) is 1. The van der Waals surface area contributed by atoms with E-state index in [1.807, 2.05) is 13.0 Å². The van der Waals surface area contributed by atoms with Crippen molar-refractivity contribution >= 4 is 40.9 Å². The van der Waals surface area contributed by atoms with Crippen LogP contribution in [0.15, 0.2) is 36.7 Å². The van der Waals surface area contributed by atoms with Crippen LogP contribution in [0.3, 0.4) is 0 Å². The predicted molar refractivity (Wildman–Crippen MR) is 105 cm³/mol. The SMILES string of the molecule is Cc1cc(NC(=O)c2cnn(C(C)C(=O)O)c2)nn1Cc1ccc(Cl)cc1Cl. The van der Waals surface area contributed by atoms with E-state index in [1.54, 1.807) is 22.9 Å². The van der Waals surface area contributed by atoms with Crippen molar-refractivity contribution in [1.29, 1.82) is 0 Å². The molecule has 0 spiro atoms. The molecule has 0 radical (unpaired) electrons. The average molecular weight is 422 g/mol. The van der Waals surface area contributed by atoms with Gasteiger partial charge in [0.25, 0.3) is 5.91 Å². The third kappa shape index (κ3) is 4.35. The molecule has 10 heteroatoms. The fourth-order valence-corrected chi connectivity index (χ4v) is 2.98. The molecule has 2 aromatic heterocycles. The number of amides is 1. The first kappa shape index (κ1) is 19.9. The van der Waals surface area contributed by atoms with Crippen LogP contribution in [0.5, 0.6) is 0 Å². The van der Waals surface area contributed by atoms with Gasteiger partial charge in [-0.3, -0.25) is 14.2 Å². The zero-order valence-electron chi connectivity index (χ0n) is 15.1. The third-order valence-electron chi connectivity index (χ3n) is 4.18. The molecule has 146 valence electrons. The van der Waals surface area contributed by atoms with E-state index in [9.17, 15) is 9.59 Å². The van der Waals surface area contributed by atoms with Crippen molar-refractivity contribution in [3.8, 4) is 0 Å². The molecule has 0 saturated carbocycles. The minimum absolute atomic E-state index is 0.237. The zero-order valence-corrected chi connectivity index (χ0v) is 16.6. The maximum absolute atomic E-state index is 12.4. The highest BCUT2D eigenvalue weighted by molar-refractivity contribution is 6.35. The highest BCUT2D eigenvalue weighted by atomic mass is 35.5. The van der Waals surface area contributed by atoms with Gasteiger partial charge in [0, 0.05) is 28.0 Å². The maximum Gasteiger partial charge on any atom is 0.328 e. The van der Waals surface area contributed by atoms with Crippen LogP contribution in [0.2, 0.25) is 10.0 Å². The normalized spacial score (nSPS) is 12.0. The van der Waals surface area contributed by atoms with Crippen LogP contribution in [0.25, 0.3) is 0 Å². The summed E-state index contributed by atoms with van der Waals surface area (Å²) in [5.41, 5.74) is 1.91. The van der Waals surface area contributed by atoms with E-state index in [4.69, 9.17) is 28.3 Å². The van der Waals surface area contributed by atoms with Crippen LogP contribution >= 0.6 is 23.2 Å². The van der Waals surface area contributed by atoms with Crippen molar-refractivity contribution in [3.63, 3.8) is 0 Å². The summed E-state index contributed by atoms with van der Waals surface area (Å²) in [5.74, 6) is -1.10. The van der Waals surface area contributed by atoms with Gasteiger partial charge in [-0.05, 0) is 31.5 Å². The Bertz CT molecular complexity index is 1040. The Hall–Kier alpha value is -2.84. The molecule has 8 nitrogen and oxygen atoms in total. The minimum Gasteiger partial charge on any atom is -0.480 e. The van der Waals surface area contributed by atoms with Gasteiger partial charge in [-0.25, -0.2) is 4.79 Å². The van der Waals surface area contributed by atoms with Gasteiger partial charge in [-0.2, -0.15) is 10.2 Å². The molecular formula is C18H17Cl2N5O3. The third-order valence-corrected chi connectivity index (χ3v) is 4.76. The lowest BCUT2D eigenvalue weighted by Crippen LogP contribution is -2.16. The van der Waals surface area contributed by atoms with Crippen molar-refractivity contribution in [2.45, 2.75) is 26.4 Å². The highest BCUT2D eigenvalue weighted by Crippen LogP contribution is 2.22. The molecule has 2 N–H and O–H groups in total. The number of aliphatic carboxylic acids is 1. The fraction of sp³-hybridized carbons (Fsp3) is 0.222. The van der Waals surface area contributed by atoms with Gasteiger partial charge in [-0.1, -0.05) is 29.3 Å². The molecule has 0 aliphatic rings. The number of carboxylic acid groups (broad SMARTS) is 1. The van der Waals surface area contributed by atoms with Gasteiger partial charge in [0.05, 0.1) is 18.3 Å². The number of rotatable bonds is 6. The Kier molecular flexibility index (Phi) is 5.71. The molecule has 1 aromatic carbocycles. The molecule has 2 heterocycles. The summed E-state index contributed by atoms with van der Waals surface area (Å²) >= 11 is 12.1. The van der Waals surface area contributed by atoms with Gasteiger partial charge in [-0.15, -0.1) is 0 Å². The topological polar surface area (TPSA) is 102 Å². The fourth-order valence-electron chi connectivity index (χ4n) is 2.51. The van der Waals surface area contributed by atoms with Gasteiger partial charge in [0.15, 0.2) is 5.82 Å². The van der Waals surface area contributed by atoms with E-state index in [0.717, 1.165) is 11.3 Å². The first-order valence-corrected chi connectivity index (χ1v) is 9.07. The molecule has 1 atom stereocenters. The van der Waals surface area contributed by atoms with Crippen LogP contribution in [-0.2, 0) is 11.3 Å². The number of nitrogens with zero attached hydrogens (tertiary/aromatic N) is 4. The summed E-state index contributed by atoms with van der Waals surface area (Å²) in [6.45, 7) is 3.76. The van der Waals surface area contributed by atoms with E-state index in [2.05, 4.69) is 15.5 Å². The Morgan fingerprint density at radius 2 is 2.04 bits per heavy atom. The molecule has 0 saturated heterocycles. The largest absolute Gasteiger partial charge is 0.480 e. The lowest BCUT2D eigenvalue weighted by molar-refractivity contribution is -0.140. The second kappa shape index (κ2) is 8.04. The quantitative estimate of drug-likeness (QED) is 0.632. The lowest BCUT2D eigenvalue weighted by Gasteiger charge is -2.07. The first-order valence-electron chi connectivity index (χ1n) is 8.31. The summed E-state index contributed by atoms with van der Waals surface area (Å²) in [6.07, 6.45) is 2.69. The summed E-state index contributed by atoms with van der Waals surface area (Å²) in [7, 11) is 0. The summed E-state index contributed by atoms with van der Waals surface area (Å²) in [5, 5.41) is 21.1. The van der Waals surface area contributed by atoms with Crippen molar-refractivity contribution in [2.24, 2.45) is 0 Å². The second-order valence-corrected chi connectivity index (χ2v) is 7.09. The first-order chi connectivity index (χ1) is 13.2. The maximum atomic E-state index is 12.4. The number of halogens is 2. The Morgan fingerprint density at radius 3 is 2.71 bits per heavy atom. The van der Waals surface area contributed by atoms with E-state index >= 15 is 0 Å². The van der Waals surface area contributed by atoms with Crippen molar-refractivity contribution in [3.05, 3.63) is 63.5 Å². The number of carbonyl (C=O) groups excluding carboxylic acids is 1. The Balaban J connectivity index is 1.72. The van der Waals surface area contributed by atoms with Crippen molar-refractivity contribution < 1.29 is 14.7 Å². The molecule has 1 amide bonds. The standard InChI is InChI=1S/C18H17Cl2N5O3/c1-10-5-16(23-24(10)8-12-3-4-14(19)6-15(12)20)22-17(26)13-7-21-25(9-13)11(2)18(27)28/h3-7,9,11H,8H2,1-2H3,(H,27,28)(H,22,23,26). The summed E-state index contributed by atoms with van der Waals surface area (Å²) < 4.78 is 2.92. The summed E-state index contributed by atoms with van der Waals surface area (Å²) in [4.78, 5) is 23.4. The second-order valence-electron chi connectivity index (χ2n) is 6.24. The van der Waals surface area contributed by atoms with Crippen LogP contribution in [0, 0.1) is 6.92 Å². The lowest BCUT2D eigenvalue weighted by atomic mass is 10.2. The van der Waals surface area contributed by atoms with Gasteiger partial charge in [0.1, 0.15) is 6.04 Å². The van der Waals surface area contributed by atoms with E-state index in [-0.39, 0.29) is 5.56 Å². The molecule has 28 heavy (non-hydrogen) atoms. The number of anilines is 1. The van der Waals surface area contributed by atoms with E-state index < -0.39 is 17.9 Å².